The Morgan fingerprint density at radius 3 is 2.59 bits per heavy atom. The van der Waals surface area contributed by atoms with E-state index in [0.29, 0.717) is 17.0 Å². The van der Waals surface area contributed by atoms with Crippen molar-refractivity contribution in [1.82, 2.24) is 0 Å². The van der Waals surface area contributed by atoms with Crippen molar-refractivity contribution in [2.45, 2.75) is 6.92 Å². The third kappa shape index (κ3) is 4.54. The number of carbonyl (C=O) groups is 2. The maximum absolute atomic E-state index is 12.4. The Bertz CT molecular complexity index is 1170. The first-order chi connectivity index (χ1) is 13.9. The van der Waals surface area contributed by atoms with Crippen molar-refractivity contribution in [3.8, 4) is 17.4 Å². The van der Waals surface area contributed by atoms with Gasteiger partial charge in [-0.1, -0.05) is 41.9 Å². The lowest BCUT2D eigenvalue weighted by molar-refractivity contribution is -0.255. The summed E-state index contributed by atoms with van der Waals surface area (Å²) in [5, 5.41) is 23.0. The highest BCUT2D eigenvalue weighted by Gasteiger charge is 2.13. The van der Waals surface area contributed by atoms with Crippen LogP contribution in [-0.4, -0.2) is 11.9 Å². The molecule has 0 aliphatic heterocycles. The lowest BCUT2D eigenvalue weighted by atomic mass is 10.1. The van der Waals surface area contributed by atoms with Crippen molar-refractivity contribution in [1.29, 1.82) is 5.26 Å². The number of aromatic carboxylic acids is 1. The van der Waals surface area contributed by atoms with Crippen LogP contribution in [-0.2, 0) is 4.79 Å². The van der Waals surface area contributed by atoms with E-state index >= 15 is 0 Å². The van der Waals surface area contributed by atoms with Crippen LogP contribution in [0.25, 0.3) is 17.4 Å². The third-order valence-corrected chi connectivity index (χ3v) is 4.46. The van der Waals surface area contributed by atoms with E-state index in [9.17, 15) is 20.0 Å². The molecule has 0 fully saturated rings. The first-order valence-electron chi connectivity index (χ1n) is 8.49. The Labute approximate surface area is 171 Å². The van der Waals surface area contributed by atoms with Gasteiger partial charge in [0, 0.05) is 22.9 Å². The Morgan fingerprint density at radius 1 is 1.17 bits per heavy atom. The Kier molecular flexibility index (Phi) is 5.82. The number of hydrogen-bond donors (Lipinski definition) is 1. The Hall–Kier alpha value is -3.82. The molecule has 0 spiro atoms. The summed E-state index contributed by atoms with van der Waals surface area (Å²) in [7, 11) is 0. The molecule has 0 radical (unpaired) electrons. The van der Waals surface area contributed by atoms with E-state index in [-0.39, 0.29) is 21.9 Å². The molecule has 0 aliphatic rings. The fraction of sp³-hybridized carbons (Fsp3) is 0.0455. The molecule has 0 saturated heterocycles. The van der Waals surface area contributed by atoms with E-state index in [0.717, 1.165) is 5.56 Å². The predicted octanol–water partition coefficient (Wildman–Crippen LogP) is 3.82. The second-order valence-electron chi connectivity index (χ2n) is 6.12. The number of carboxylic acid groups (broad SMARTS) is 1. The molecule has 3 rings (SSSR count). The first kappa shape index (κ1) is 19.9. The van der Waals surface area contributed by atoms with Gasteiger partial charge in [-0.2, -0.15) is 5.26 Å². The van der Waals surface area contributed by atoms with Gasteiger partial charge in [0.25, 0.3) is 5.91 Å². The zero-order chi connectivity index (χ0) is 21.0. The van der Waals surface area contributed by atoms with Crippen molar-refractivity contribution >= 4 is 35.2 Å². The van der Waals surface area contributed by atoms with Gasteiger partial charge in [-0.25, -0.2) is 0 Å². The molecular formula is C22H14ClN2O4-. The summed E-state index contributed by atoms with van der Waals surface area (Å²) in [6.45, 7) is 1.85. The van der Waals surface area contributed by atoms with Crippen molar-refractivity contribution in [3.05, 3.63) is 82.1 Å². The quantitative estimate of drug-likeness (QED) is 0.513. The van der Waals surface area contributed by atoms with Gasteiger partial charge in [0.05, 0.1) is 11.0 Å². The number of anilines is 1. The minimum Gasteiger partial charge on any atom is -0.545 e. The molecule has 0 aliphatic carbocycles. The smallest absolute Gasteiger partial charge is 0.266 e. The highest BCUT2D eigenvalue weighted by molar-refractivity contribution is 6.33. The average molecular weight is 406 g/mol. The Balaban J connectivity index is 1.83. The van der Waals surface area contributed by atoms with Crippen LogP contribution in [0.3, 0.4) is 0 Å². The molecule has 6 nitrogen and oxygen atoms in total. The number of amides is 1. The number of para-hydroxylation sites is 1. The fourth-order valence-electron chi connectivity index (χ4n) is 2.61. The van der Waals surface area contributed by atoms with Gasteiger partial charge in [0.15, 0.2) is 0 Å². The van der Waals surface area contributed by atoms with Crippen molar-refractivity contribution in [2.75, 3.05) is 5.32 Å². The fourth-order valence-corrected chi connectivity index (χ4v) is 2.87. The number of rotatable bonds is 5. The van der Waals surface area contributed by atoms with Crippen LogP contribution in [0.2, 0.25) is 5.02 Å². The highest BCUT2D eigenvalue weighted by atomic mass is 35.5. The number of carboxylic acids is 1. The van der Waals surface area contributed by atoms with Gasteiger partial charge in [0.2, 0.25) is 0 Å². The second-order valence-corrected chi connectivity index (χ2v) is 6.53. The maximum atomic E-state index is 12.4. The molecule has 0 unspecified atom stereocenters. The molecule has 29 heavy (non-hydrogen) atoms. The number of benzene rings is 2. The molecule has 0 saturated carbocycles. The molecule has 7 heteroatoms. The minimum absolute atomic E-state index is 0.0197. The van der Waals surface area contributed by atoms with Crippen molar-refractivity contribution < 1.29 is 19.1 Å². The largest absolute Gasteiger partial charge is 0.545 e. The molecule has 1 N–H and O–H groups in total. The van der Waals surface area contributed by atoms with Crippen molar-refractivity contribution in [3.63, 3.8) is 0 Å². The van der Waals surface area contributed by atoms with Gasteiger partial charge >= 0.3 is 0 Å². The first-order valence-corrected chi connectivity index (χ1v) is 8.86. The zero-order valence-electron chi connectivity index (χ0n) is 15.2. The van der Waals surface area contributed by atoms with Crippen LogP contribution in [0.15, 0.2) is 64.6 Å². The molecule has 3 aromatic rings. The van der Waals surface area contributed by atoms with Gasteiger partial charge in [-0.15, -0.1) is 0 Å². The average Bonchev–Trinajstić information content (AvgIpc) is 3.16. The number of furan rings is 1. The monoisotopic (exact) mass is 405 g/mol. The predicted molar refractivity (Wildman–Crippen MR) is 107 cm³/mol. The van der Waals surface area contributed by atoms with Crippen LogP contribution in [0.1, 0.15) is 21.7 Å². The van der Waals surface area contributed by atoms with E-state index in [2.05, 4.69) is 5.32 Å². The number of halogens is 1. The van der Waals surface area contributed by atoms with Crippen LogP contribution >= 0.6 is 11.6 Å². The molecule has 2 aromatic carbocycles. The summed E-state index contributed by atoms with van der Waals surface area (Å²) in [6.07, 6.45) is 1.33. The Morgan fingerprint density at radius 2 is 1.93 bits per heavy atom. The van der Waals surface area contributed by atoms with Gasteiger partial charge in [-0.05, 0) is 36.8 Å². The molecular weight excluding hydrogens is 392 g/mol. The number of hydrogen-bond acceptors (Lipinski definition) is 5. The molecule has 1 amide bonds. The number of aryl methyl sites for hydroxylation is 1. The molecule has 0 bridgehead atoms. The van der Waals surface area contributed by atoms with E-state index in [4.69, 9.17) is 16.0 Å². The normalized spacial score (nSPS) is 11.0. The lowest BCUT2D eigenvalue weighted by Gasteiger charge is -2.07. The molecule has 1 heterocycles. The summed E-state index contributed by atoms with van der Waals surface area (Å²) in [5.74, 6) is -1.24. The minimum atomic E-state index is -1.37. The summed E-state index contributed by atoms with van der Waals surface area (Å²) in [5.41, 5.74) is 1.78. The summed E-state index contributed by atoms with van der Waals surface area (Å²) in [4.78, 5) is 23.3. The molecule has 144 valence electrons. The summed E-state index contributed by atoms with van der Waals surface area (Å²) >= 11 is 5.95. The maximum Gasteiger partial charge on any atom is 0.266 e. The summed E-state index contributed by atoms with van der Waals surface area (Å²) < 4.78 is 5.65. The van der Waals surface area contributed by atoms with Gasteiger partial charge in [-0.3, -0.25) is 4.79 Å². The van der Waals surface area contributed by atoms with Crippen LogP contribution in [0.4, 0.5) is 5.69 Å². The van der Waals surface area contributed by atoms with Gasteiger partial charge in [0.1, 0.15) is 23.2 Å². The number of nitriles is 1. The van der Waals surface area contributed by atoms with Crippen LogP contribution in [0, 0.1) is 18.3 Å². The molecule has 1 aromatic heterocycles. The van der Waals surface area contributed by atoms with Crippen LogP contribution < -0.4 is 10.4 Å². The molecule has 0 atom stereocenters. The van der Waals surface area contributed by atoms with Crippen molar-refractivity contribution in [2.24, 2.45) is 0 Å². The van der Waals surface area contributed by atoms with E-state index in [1.165, 1.54) is 24.3 Å². The highest BCUT2D eigenvalue weighted by Crippen LogP contribution is 2.28. The van der Waals surface area contributed by atoms with Gasteiger partial charge < -0.3 is 19.6 Å². The third-order valence-electron chi connectivity index (χ3n) is 4.15. The van der Waals surface area contributed by atoms with Crippen LogP contribution in [0.5, 0.6) is 0 Å². The number of nitrogens with one attached hydrogen (secondary N) is 1. The SMILES string of the molecule is Cc1ccccc1NC(=O)/C(C#N)=C\c1ccc(-c2ccc(C(=O)[O-])c(Cl)c2)o1. The van der Waals surface area contributed by atoms with E-state index in [1.807, 2.05) is 25.1 Å². The lowest BCUT2D eigenvalue weighted by Crippen LogP contribution is -2.22. The van der Waals surface area contributed by atoms with E-state index < -0.39 is 11.9 Å². The number of nitrogens with zero attached hydrogens (tertiary/aromatic N) is 1. The topological polar surface area (TPSA) is 106 Å². The summed E-state index contributed by atoms with van der Waals surface area (Å²) in [6, 6.07) is 16.6. The zero-order valence-corrected chi connectivity index (χ0v) is 16.0. The number of carbonyl (C=O) groups excluding carboxylic acids is 2. The standard InChI is InChI=1S/C22H15ClN2O4/c1-13-4-2-3-5-19(13)25-21(26)15(12-24)10-16-7-9-20(29-16)14-6-8-17(22(27)28)18(23)11-14/h2-11H,1H3,(H,25,26)(H,27,28)/p-1/b15-10-. The second kappa shape index (κ2) is 8.46. The van der Waals surface area contributed by atoms with E-state index in [1.54, 1.807) is 24.3 Å².